The molecular formula is C9H12F6O2. The van der Waals surface area contributed by atoms with E-state index < -0.39 is 23.9 Å². The Hall–Kier alpha value is -0.500. The molecule has 8 heteroatoms. The number of hydrogen-bond donors (Lipinski definition) is 0. The second-order valence-electron chi connectivity index (χ2n) is 4.55. The summed E-state index contributed by atoms with van der Waals surface area (Å²) < 4.78 is 83.8. The first-order chi connectivity index (χ1) is 7.33. The Balaban J connectivity index is 3.05. The van der Waals surface area contributed by atoms with Crippen LogP contribution < -0.4 is 0 Å². The van der Waals surface area contributed by atoms with Crippen LogP contribution in [0.4, 0.5) is 26.3 Å². The van der Waals surface area contributed by atoms with E-state index in [2.05, 4.69) is 9.47 Å². The number of rotatable bonds is 2. The number of hydrogen-bond acceptors (Lipinski definition) is 2. The highest BCUT2D eigenvalue weighted by Gasteiger charge is 2.81. The Labute approximate surface area is 93.9 Å². The van der Waals surface area contributed by atoms with E-state index in [9.17, 15) is 26.3 Å². The average molecular weight is 266 g/mol. The minimum Gasteiger partial charge on any atom is -0.300 e. The molecule has 0 aromatic carbocycles. The molecule has 0 radical (unpaired) electrons. The molecule has 1 aliphatic heterocycles. The lowest BCUT2D eigenvalue weighted by atomic mass is 10.0. The molecule has 0 amide bonds. The van der Waals surface area contributed by atoms with Crippen molar-refractivity contribution in [1.82, 2.24) is 0 Å². The Morgan fingerprint density at radius 1 is 1.06 bits per heavy atom. The zero-order valence-corrected chi connectivity index (χ0v) is 9.37. The molecule has 2 nitrogen and oxygen atoms in total. The highest BCUT2D eigenvalue weighted by molar-refractivity contribution is 4.95. The van der Waals surface area contributed by atoms with Gasteiger partial charge in [-0.25, -0.2) is 0 Å². The van der Waals surface area contributed by atoms with E-state index >= 15 is 0 Å². The van der Waals surface area contributed by atoms with Gasteiger partial charge in [-0.3, -0.25) is 9.47 Å². The van der Waals surface area contributed by atoms with E-state index in [1.54, 1.807) is 13.8 Å². The molecule has 2 atom stereocenters. The van der Waals surface area contributed by atoms with E-state index in [1.807, 2.05) is 0 Å². The number of halogens is 6. The summed E-state index contributed by atoms with van der Waals surface area (Å²) in [5.74, 6) is -7.71. The van der Waals surface area contributed by atoms with Gasteiger partial charge >= 0.3 is 18.1 Å². The smallest absolute Gasteiger partial charge is 0.300 e. The maximum atomic E-state index is 13.3. The molecule has 0 N–H and O–H groups in total. The van der Waals surface area contributed by atoms with Crippen LogP contribution in [-0.4, -0.2) is 23.9 Å². The molecule has 0 saturated carbocycles. The minimum absolute atomic E-state index is 0.287. The maximum absolute atomic E-state index is 13.3. The quantitative estimate of drug-likeness (QED) is 0.711. The van der Waals surface area contributed by atoms with Crippen LogP contribution in [0, 0.1) is 5.92 Å². The third kappa shape index (κ3) is 2.37. The van der Waals surface area contributed by atoms with E-state index in [-0.39, 0.29) is 12.3 Å². The average Bonchev–Trinajstić information content (AvgIpc) is 2.13. The molecule has 0 bridgehead atoms. The van der Waals surface area contributed by atoms with Gasteiger partial charge in [0.25, 0.3) is 0 Å². The van der Waals surface area contributed by atoms with Gasteiger partial charge in [-0.1, -0.05) is 13.8 Å². The van der Waals surface area contributed by atoms with Gasteiger partial charge in [-0.05, 0) is 12.8 Å². The predicted molar refractivity (Wildman–Crippen MR) is 44.9 cm³/mol. The number of alkyl halides is 6. The maximum Gasteiger partial charge on any atom is 0.458 e. The van der Waals surface area contributed by atoms with Gasteiger partial charge < -0.3 is 0 Å². The zero-order valence-electron chi connectivity index (χ0n) is 9.37. The van der Waals surface area contributed by atoms with Gasteiger partial charge in [-0.2, -0.15) is 26.3 Å². The molecule has 17 heavy (non-hydrogen) atoms. The van der Waals surface area contributed by atoms with E-state index in [4.69, 9.17) is 0 Å². The molecule has 0 spiro atoms. The van der Waals surface area contributed by atoms with Gasteiger partial charge in [0, 0.05) is 6.42 Å². The van der Waals surface area contributed by atoms with Crippen LogP contribution >= 0.6 is 0 Å². The fourth-order valence-electron chi connectivity index (χ4n) is 1.76. The Kier molecular flexibility index (Phi) is 3.21. The van der Waals surface area contributed by atoms with Crippen LogP contribution in [0.1, 0.15) is 27.2 Å². The Bertz CT molecular complexity index is 302. The first kappa shape index (κ1) is 14.6. The van der Waals surface area contributed by atoms with Crippen molar-refractivity contribution in [3.05, 3.63) is 0 Å². The SMILES string of the molecule is CC(C)CC1(C)OC(F)(F)C(F)(C(F)(F)F)O1. The van der Waals surface area contributed by atoms with Crippen molar-refractivity contribution in [1.29, 1.82) is 0 Å². The summed E-state index contributed by atoms with van der Waals surface area (Å²) in [6, 6.07) is 0. The lowest BCUT2D eigenvalue weighted by Crippen LogP contribution is -2.53. The number of ether oxygens (including phenoxy) is 2. The van der Waals surface area contributed by atoms with Crippen molar-refractivity contribution in [3.63, 3.8) is 0 Å². The van der Waals surface area contributed by atoms with Crippen molar-refractivity contribution in [2.45, 2.75) is 51.1 Å². The summed E-state index contributed by atoms with van der Waals surface area (Å²) in [4.78, 5) is 0. The van der Waals surface area contributed by atoms with Crippen LogP contribution in [-0.2, 0) is 9.47 Å². The second-order valence-corrected chi connectivity index (χ2v) is 4.55. The molecule has 1 heterocycles. The lowest BCUT2D eigenvalue weighted by molar-refractivity contribution is -0.394. The van der Waals surface area contributed by atoms with Crippen LogP contribution in [0.2, 0.25) is 0 Å². The highest BCUT2D eigenvalue weighted by atomic mass is 19.4. The highest BCUT2D eigenvalue weighted by Crippen LogP contribution is 2.56. The monoisotopic (exact) mass is 266 g/mol. The van der Waals surface area contributed by atoms with Crippen LogP contribution in [0.25, 0.3) is 0 Å². The van der Waals surface area contributed by atoms with Crippen molar-refractivity contribution in [2.75, 3.05) is 0 Å². The third-order valence-corrected chi connectivity index (χ3v) is 2.22. The Morgan fingerprint density at radius 2 is 1.53 bits per heavy atom. The van der Waals surface area contributed by atoms with Gasteiger partial charge in [-0.15, -0.1) is 0 Å². The van der Waals surface area contributed by atoms with Crippen LogP contribution in [0.3, 0.4) is 0 Å². The first-order valence-corrected chi connectivity index (χ1v) is 4.87. The molecule has 102 valence electrons. The molecule has 1 aliphatic rings. The molecule has 0 aromatic rings. The van der Waals surface area contributed by atoms with Crippen LogP contribution in [0.5, 0.6) is 0 Å². The largest absolute Gasteiger partial charge is 0.458 e. The van der Waals surface area contributed by atoms with Crippen molar-refractivity contribution < 1.29 is 35.8 Å². The summed E-state index contributed by atoms with van der Waals surface area (Å²) in [7, 11) is 0. The summed E-state index contributed by atoms with van der Waals surface area (Å²) >= 11 is 0. The molecule has 1 fully saturated rings. The molecule has 1 rings (SSSR count). The predicted octanol–water partition coefficient (Wildman–Crippen LogP) is 3.62. The Morgan fingerprint density at radius 3 is 1.82 bits per heavy atom. The van der Waals surface area contributed by atoms with E-state index in [0.29, 0.717) is 0 Å². The normalized spacial score (nSPS) is 37.8. The van der Waals surface area contributed by atoms with E-state index in [0.717, 1.165) is 6.92 Å². The van der Waals surface area contributed by atoms with Gasteiger partial charge in [0.05, 0.1) is 0 Å². The molecule has 2 unspecified atom stereocenters. The fraction of sp³-hybridized carbons (Fsp3) is 1.00. The van der Waals surface area contributed by atoms with Crippen molar-refractivity contribution >= 4 is 0 Å². The standard InChI is InChI=1S/C9H12F6O2/c1-5(2)4-6(3)16-7(10,8(11,12)13)9(14,15)17-6/h5H,4H2,1-3H3. The van der Waals surface area contributed by atoms with E-state index in [1.165, 1.54) is 0 Å². The summed E-state index contributed by atoms with van der Waals surface area (Å²) in [5.41, 5.74) is 0. The summed E-state index contributed by atoms with van der Waals surface area (Å²) in [6.45, 7) is 3.97. The molecule has 1 saturated heterocycles. The fourth-order valence-corrected chi connectivity index (χ4v) is 1.76. The molecule has 0 aromatic heterocycles. The van der Waals surface area contributed by atoms with Crippen LogP contribution in [0.15, 0.2) is 0 Å². The second kappa shape index (κ2) is 3.74. The minimum atomic E-state index is -5.87. The van der Waals surface area contributed by atoms with Gasteiger partial charge in [0.2, 0.25) is 0 Å². The topological polar surface area (TPSA) is 18.5 Å². The van der Waals surface area contributed by atoms with Crippen molar-refractivity contribution in [2.24, 2.45) is 5.92 Å². The third-order valence-electron chi connectivity index (χ3n) is 2.22. The van der Waals surface area contributed by atoms with Gasteiger partial charge in [0.15, 0.2) is 5.79 Å². The summed E-state index contributed by atoms with van der Waals surface area (Å²) in [5, 5.41) is 0. The van der Waals surface area contributed by atoms with Gasteiger partial charge in [0.1, 0.15) is 0 Å². The molecule has 0 aliphatic carbocycles. The lowest BCUT2D eigenvalue weighted by Gasteiger charge is -2.26. The summed E-state index contributed by atoms with van der Waals surface area (Å²) in [6.07, 6.45) is -11.2. The van der Waals surface area contributed by atoms with Crippen molar-refractivity contribution in [3.8, 4) is 0 Å². The molecular weight excluding hydrogens is 254 g/mol. The first-order valence-electron chi connectivity index (χ1n) is 4.87. The zero-order chi connectivity index (χ0) is 13.7.